The van der Waals surface area contributed by atoms with Crippen molar-refractivity contribution in [2.45, 2.75) is 23.6 Å². The maximum absolute atomic E-state index is 12.9. The van der Waals surface area contributed by atoms with Gasteiger partial charge in [-0.15, -0.1) is 11.3 Å². The number of hydrogen-bond acceptors (Lipinski definition) is 12. The zero-order chi connectivity index (χ0) is 28.9. The van der Waals surface area contributed by atoms with Crippen LogP contribution in [0.3, 0.4) is 0 Å². The zero-order valence-corrected chi connectivity index (χ0v) is 22.7. The minimum absolute atomic E-state index is 0.00335. The van der Waals surface area contributed by atoms with Gasteiger partial charge in [0.15, 0.2) is 16.6 Å². The highest BCUT2D eigenvalue weighted by atomic mass is 32.2. The van der Waals surface area contributed by atoms with E-state index in [1.54, 1.807) is 24.3 Å². The normalized spacial score (nSPS) is 19.9. The molecule has 16 heteroatoms. The molecule has 2 aromatic rings. The lowest BCUT2D eigenvalue weighted by molar-refractivity contribution is -0.146. The maximum atomic E-state index is 12.9. The Morgan fingerprint density at radius 2 is 2.02 bits per heavy atom. The number of ether oxygens (including phenoxy) is 2. The Morgan fingerprint density at radius 1 is 1.27 bits per heavy atom. The van der Waals surface area contributed by atoms with E-state index in [-0.39, 0.29) is 29.4 Å². The van der Waals surface area contributed by atoms with Crippen molar-refractivity contribution in [3.8, 4) is 5.75 Å². The Balaban J connectivity index is 1.71. The van der Waals surface area contributed by atoms with E-state index in [9.17, 15) is 29.1 Å². The van der Waals surface area contributed by atoms with Crippen LogP contribution in [0.1, 0.15) is 19.0 Å². The standard InChI is InChI=1S/C24H23N5O9S2/c1-13(30)37-10-15-21(22(34)35)29-19(33)8-20(29)40-24(15,28-17(31)9-25-36-2)16-12-39-23(26-16)27-18(32)11-38-14-6-4-3-5-7-14/h3-7,9,12,20H,8,10-11H2,1-2H3,(H,28,31)(H,34,35)(H,26,27,32)/t20-,24?/m1/s1. The van der Waals surface area contributed by atoms with Crippen molar-refractivity contribution >= 4 is 64.1 Å². The van der Waals surface area contributed by atoms with Gasteiger partial charge in [-0.3, -0.25) is 29.4 Å². The number of carbonyl (C=O) groups excluding carboxylic acids is 4. The van der Waals surface area contributed by atoms with Crippen LogP contribution in [0.4, 0.5) is 5.13 Å². The number of oxime groups is 1. The maximum Gasteiger partial charge on any atom is 0.352 e. The molecule has 4 rings (SSSR count). The molecule has 2 aliphatic rings. The number of benzene rings is 1. The number of fused-ring (bicyclic) bond motifs is 1. The van der Waals surface area contributed by atoms with Crippen molar-refractivity contribution < 1.29 is 43.4 Å². The van der Waals surface area contributed by atoms with Crippen LogP contribution in [0.15, 0.2) is 52.1 Å². The molecule has 0 saturated carbocycles. The van der Waals surface area contributed by atoms with Crippen LogP contribution in [0.5, 0.6) is 5.75 Å². The Hall–Kier alpha value is -4.44. The van der Waals surface area contributed by atoms with E-state index < -0.39 is 52.2 Å². The number of rotatable bonds is 11. The van der Waals surface area contributed by atoms with Gasteiger partial charge in [0.2, 0.25) is 5.91 Å². The van der Waals surface area contributed by atoms with Crippen LogP contribution in [0, 0.1) is 0 Å². The second kappa shape index (κ2) is 12.2. The molecule has 1 fully saturated rings. The summed E-state index contributed by atoms with van der Waals surface area (Å²) >= 11 is 2.05. The molecule has 1 aromatic heterocycles. The van der Waals surface area contributed by atoms with Gasteiger partial charge >= 0.3 is 11.9 Å². The number of carboxylic acids is 1. The summed E-state index contributed by atoms with van der Waals surface area (Å²) in [5.74, 6) is -3.42. The molecule has 40 heavy (non-hydrogen) atoms. The number of para-hydroxylation sites is 1. The summed E-state index contributed by atoms with van der Waals surface area (Å²) in [7, 11) is 1.23. The quantitative estimate of drug-likeness (QED) is 0.148. The van der Waals surface area contributed by atoms with Crippen molar-refractivity contribution in [3.05, 3.63) is 52.7 Å². The van der Waals surface area contributed by atoms with Crippen molar-refractivity contribution in [1.29, 1.82) is 0 Å². The second-order valence-electron chi connectivity index (χ2n) is 8.23. The monoisotopic (exact) mass is 589 g/mol. The molecule has 3 heterocycles. The number of aromatic nitrogens is 1. The van der Waals surface area contributed by atoms with E-state index in [4.69, 9.17) is 9.47 Å². The Morgan fingerprint density at radius 3 is 2.67 bits per heavy atom. The van der Waals surface area contributed by atoms with Crippen molar-refractivity contribution in [2.24, 2.45) is 5.16 Å². The third kappa shape index (κ3) is 6.07. The SMILES string of the molecule is CON=CC(=O)NC1(c2csc(NC(=O)COc3ccccc3)n2)S[C@@H]2CC(=O)N2C(C(=O)O)=C1COC(C)=O. The number of hydrogen-bond donors (Lipinski definition) is 3. The lowest BCUT2D eigenvalue weighted by Gasteiger charge is -2.51. The average Bonchev–Trinajstić information content (AvgIpc) is 3.38. The number of β-lactam (4-membered cyclic amide) rings is 1. The number of amides is 3. The minimum Gasteiger partial charge on any atom is -0.484 e. The number of nitrogens with one attached hydrogen (secondary N) is 2. The molecule has 3 N–H and O–H groups in total. The highest BCUT2D eigenvalue weighted by Crippen LogP contribution is 2.54. The summed E-state index contributed by atoms with van der Waals surface area (Å²) in [6, 6.07) is 8.72. The van der Waals surface area contributed by atoms with Gasteiger partial charge in [0.1, 0.15) is 31.4 Å². The Bertz CT molecular complexity index is 1390. The molecule has 3 amide bonds. The van der Waals surface area contributed by atoms with Gasteiger partial charge in [-0.25, -0.2) is 9.78 Å². The topological polar surface area (TPSA) is 186 Å². The van der Waals surface area contributed by atoms with Gasteiger partial charge in [-0.05, 0) is 12.1 Å². The number of nitrogens with zero attached hydrogens (tertiary/aromatic N) is 3. The molecule has 0 bridgehead atoms. The molecule has 2 atom stereocenters. The number of anilines is 1. The molecule has 1 aromatic carbocycles. The summed E-state index contributed by atoms with van der Waals surface area (Å²) in [4.78, 5) is 70.3. The van der Waals surface area contributed by atoms with Crippen molar-refractivity contribution in [2.75, 3.05) is 25.6 Å². The molecule has 210 valence electrons. The third-order valence-electron chi connectivity index (χ3n) is 5.59. The van der Waals surface area contributed by atoms with E-state index in [1.807, 2.05) is 6.07 Å². The summed E-state index contributed by atoms with van der Waals surface area (Å²) in [6.45, 7) is 0.253. The largest absolute Gasteiger partial charge is 0.484 e. The van der Waals surface area contributed by atoms with Crippen molar-refractivity contribution in [3.63, 3.8) is 0 Å². The molecule has 0 spiro atoms. The fourth-order valence-electron chi connectivity index (χ4n) is 3.92. The molecule has 1 unspecified atom stereocenters. The van der Waals surface area contributed by atoms with E-state index >= 15 is 0 Å². The fraction of sp³-hybridized carbons (Fsp3) is 0.292. The van der Waals surface area contributed by atoms with E-state index in [2.05, 4.69) is 25.6 Å². The van der Waals surface area contributed by atoms with Gasteiger partial charge in [0.25, 0.3) is 11.8 Å². The van der Waals surface area contributed by atoms with Gasteiger partial charge < -0.3 is 24.7 Å². The van der Waals surface area contributed by atoms with Gasteiger partial charge in [-0.1, -0.05) is 35.1 Å². The molecular weight excluding hydrogens is 566 g/mol. The molecule has 0 radical (unpaired) electrons. The van der Waals surface area contributed by atoms with Crippen LogP contribution in [-0.4, -0.2) is 76.6 Å². The third-order valence-corrected chi connectivity index (χ3v) is 7.91. The molecule has 2 aliphatic heterocycles. The number of esters is 1. The first-order valence-electron chi connectivity index (χ1n) is 11.6. The Kier molecular flexibility index (Phi) is 8.69. The summed E-state index contributed by atoms with van der Waals surface area (Å²) in [6.07, 6.45) is 0.830. The number of carboxylic acid groups (broad SMARTS) is 1. The lowest BCUT2D eigenvalue weighted by Crippen LogP contribution is -2.61. The van der Waals surface area contributed by atoms with E-state index in [0.29, 0.717) is 5.75 Å². The molecule has 0 aliphatic carbocycles. The molecule has 14 nitrogen and oxygen atoms in total. The number of thioether (sulfide) groups is 1. The predicted molar refractivity (Wildman–Crippen MR) is 142 cm³/mol. The first kappa shape index (κ1) is 28.6. The van der Waals surface area contributed by atoms with Crippen LogP contribution < -0.4 is 15.4 Å². The highest BCUT2D eigenvalue weighted by Gasteiger charge is 2.57. The second-order valence-corrected chi connectivity index (χ2v) is 10.5. The van der Waals surface area contributed by atoms with Gasteiger partial charge in [0.05, 0.1) is 17.5 Å². The summed E-state index contributed by atoms with van der Waals surface area (Å²) < 4.78 is 10.6. The summed E-state index contributed by atoms with van der Waals surface area (Å²) in [5.41, 5.74) is -0.430. The van der Waals surface area contributed by atoms with Crippen molar-refractivity contribution in [1.82, 2.24) is 15.2 Å². The predicted octanol–water partition coefficient (Wildman–Crippen LogP) is 1.27. The minimum atomic E-state index is -1.72. The van der Waals surface area contributed by atoms with Crippen LogP contribution in [0.25, 0.3) is 0 Å². The summed E-state index contributed by atoms with van der Waals surface area (Å²) in [5, 5.41) is 19.8. The molecular formula is C24H23N5O9S2. The average molecular weight is 590 g/mol. The smallest absolute Gasteiger partial charge is 0.352 e. The van der Waals surface area contributed by atoms with Gasteiger partial charge in [0, 0.05) is 17.9 Å². The first-order valence-corrected chi connectivity index (χ1v) is 13.3. The van der Waals surface area contributed by atoms with E-state index in [1.165, 1.54) is 12.5 Å². The zero-order valence-electron chi connectivity index (χ0n) is 21.1. The number of thiazole rings is 1. The number of carbonyl (C=O) groups is 5. The van der Waals surface area contributed by atoms with Crippen LogP contribution in [0.2, 0.25) is 0 Å². The number of aliphatic carboxylic acids is 1. The Labute approximate surface area is 235 Å². The van der Waals surface area contributed by atoms with E-state index in [0.717, 1.165) is 41.1 Å². The van der Waals surface area contributed by atoms with Crippen LogP contribution >= 0.6 is 23.1 Å². The highest BCUT2D eigenvalue weighted by molar-refractivity contribution is 8.01. The fourth-order valence-corrected chi connectivity index (χ4v) is 6.41. The van der Waals surface area contributed by atoms with Crippen LogP contribution in [-0.2, 0) is 38.4 Å². The molecule has 1 saturated heterocycles. The first-order chi connectivity index (χ1) is 19.1. The van der Waals surface area contributed by atoms with Gasteiger partial charge in [-0.2, -0.15) is 0 Å². The lowest BCUT2D eigenvalue weighted by atomic mass is 9.97.